The third-order valence-corrected chi connectivity index (χ3v) is 2.54. The molecule has 0 heterocycles. The highest BCUT2D eigenvalue weighted by molar-refractivity contribution is 8.10. The van der Waals surface area contributed by atoms with Crippen molar-refractivity contribution in [2.24, 2.45) is 0 Å². The summed E-state index contributed by atoms with van der Waals surface area (Å²) in [7, 11) is -3.85. The van der Waals surface area contributed by atoms with Crippen LogP contribution in [-0.2, 0) is 9.97 Å². The van der Waals surface area contributed by atoms with Crippen LogP contribution < -0.4 is 0 Å². The van der Waals surface area contributed by atoms with Crippen molar-refractivity contribution in [1.29, 1.82) is 0 Å². The van der Waals surface area contributed by atoms with E-state index in [4.69, 9.17) is 4.55 Å². The van der Waals surface area contributed by atoms with Crippen LogP contribution in [0, 0.1) is 0 Å². The molecule has 0 spiro atoms. The van der Waals surface area contributed by atoms with Crippen LogP contribution in [0.5, 0.6) is 0 Å². The molecule has 0 aromatic carbocycles. The van der Waals surface area contributed by atoms with Gasteiger partial charge in [0.15, 0.2) is 0 Å². The minimum Gasteiger partial charge on any atom is -0.295 e. The summed E-state index contributed by atoms with van der Waals surface area (Å²) in [6.07, 6.45) is 7.22. The van der Waals surface area contributed by atoms with E-state index in [0.29, 0.717) is 6.32 Å². The minimum atomic E-state index is -3.85. The van der Waals surface area contributed by atoms with Gasteiger partial charge in [-0.3, -0.25) is 4.55 Å². The standard InChI is InChI=1S/C8H18BO3S/c1-2-3-4-5-6-7-8-9-13(10,11)12/h2-8H2,1H3,(H,10,11,12). The molecule has 1 radical (unpaired) electrons. The zero-order chi connectivity index (χ0) is 10.2. The van der Waals surface area contributed by atoms with Gasteiger partial charge in [0.2, 0.25) is 9.97 Å². The number of unbranched alkanes of at least 4 members (excludes halogenated alkanes) is 5. The van der Waals surface area contributed by atoms with Gasteiger partial charge in [0, 0.05) is 0 Å². The van der Waals surface area contributed by atoms with E-state index < -0.39 is 9.97 Å². The van der Waals surface area contributed by atoms with Crippen molar-refractivity contribution in [2.45, 2.75) is 51.8 Å². The molecule has 77 valence electrons. The molecule has 0 saturated carbocycles. The zero-order valence-corrected chi connectivity index (χ0v) is 9.02. The number of hydrogen-bond acceptors (Lipinski definition) is 2. The molecule has 0 unspecified atom stereocenters. The van der Waals surface area contributed by atoms with Gasteiger partial charge in [-0.1, -0.05) is 51.8 Å². The second-order valence-corrected chi connectivity index (χ2v) is 4.60. The monoisotopic (exact) mass is 205 g/mol. The van der Waals surface area contributed by atoms with Crippen molar-refractivity contribution in [3.05, 3.63) is 0 Å². The third kappa shape index (κ3) is 12.0. The normalized spacial score (nSPS) is 11.5. The summed E-state index contributed by atoms with van der Waals surface area (Å²) < 4.78 is 28.9. The Hall–Kier alpha value is -0.0251. The van der Waals surface area contributed by atoms with Crippen LogP contribution in [0.1, 0.15) is 45.4 Å². The molecule has 0 aliphatic rings. The molecule has 0 rings (SSSR count). The summed E-state index contributed by atoms with van der Waals surface area (Å²) in [5.74, 6) is 0. The van der Waals surface area contributed by atoms with E-state index in [1.165, 1.54) is 19.3 Å². The average Bonchev–Trinajstić information content (AvgIpc) is 2.01. The minimum absolute atomic E-state index is 0.463. The fraction of sp³-hybridized carbons (Fsp3) is 1.00. The Morgan fingerprint density at radius 3 is 2.15 bits per heavy atom. The van der Waals surface area contributed by atoms with Crippen LogP contribution >= 0.6 is 0 Å². The molecule has 0 saturated heterocycles. The van der Waals surface area contributed by atoms with Gasteiger partial charge in [-0.25, -0.2) is 8.42 Å². The Balaban J connectivity index is 3.09. The third-order valence-electron chi connectivity index (χ3n) is 1.89. The number of hydrogen-bond donors (Lipinski definition) is 1. The van der Waals surface area contributed by atoms with E-state index in [2.05, 4.69) is 6.92 Å². The summed E-state index contributed by atoms with van der Waals surface area (Å²) in [6, 6.07) is 0. The number of rotatable bonds is 8. The van der Waals surface area contributed by atoms with Gasteiger partial charge in [0.05, 0.1) is 0 Å². The Labute approximate surface area is 81.8 Å². The fourth-order valence-electron chi connectivity index (χ4n) is 1.16. The van der Waals surface area contributed by atoms with Gasteiger partial charge in [0.25, 0.3) is 0 Å². The second-order valence-electron chi connectivity index (χ2n) is 3.24. The lowest BCUT2D eigenvalue weighted by Crippen LogP contribution is -2.07. The van der Waals surface area contributed by atoms with E-state index in [1.807, 2.05) is 0 Å². The SMILES string of the molecule is CCCCCCCC[B]S(=O)(=O)O. The quantitative estimate of drug-likeness (QED) is 0.375. The Morgan fingerprint density at radius 1 is 1.08 bits per heavy atom. The maximum atomic E-state index is 10.3. The molecule has 13 heavy (non-hydrogen) atoms. The molecular formula is C8H18BO3S. The van der Waals surface area contributed by atoms with Gasteiger partial charge in [-0.15, -0.1) is 0 Å². The molecule has 0 aromatic heterocycles. The molecule has 0 fully saturated rings. The maximum absolute atomic E-state index is 10.3. The highest BCUT2D eigenvalue weighted by Gasteiger charge is 2.06. The Bertz CT molecular complexity index is 201. The van der Waals surface area contributed by atoms with Gasteiger partial charge in [0.1, 0.15) is 0 Å². The van der Waals surface area contributed by atoms with Crippen molar-refractivity contribution >= 4 is 16.5 Å². The summed E-state index contributed by atoms with van der Waals surface area (Å²) in [5.41, 5.74) is 0. The second kappa shape index (κ2) is 7.39. The molecule has 3 nitrogen and oxygen atoms in total. The summed E-state index contributed by atoms with van der Waals surface area (Å²) in [4.78, 5) is 0. The first-order valence-corrected chi connectivity index (χ1v) is 6.37. The van der Waals surface area contributed by atoms with Gasteiger partial charge < -0.3 is 0 Å². The lowest BCUT2D eigenvalue weighted by atomic mass is 9.97. The van der Waals surface area contributed by atoms with Crippen LogP contribution in [0.15, 0.2) is 0 Å². The lowest BCUT2D eigenvalue weighted by Gasteiger charge is -1.98. The van der Waals surface area contributed by atoms with Gasteiger partial charge >= 0.3 is 6.56 Å². The highest BCUT2D eigenvalue weighted by atomic mass is 32.2. The smallest absolute Gasteiger partial charge is 0.295 e. The van der Waals surface area contributed by atoms with Crippen LogP contribution in [-0.4, -0.2) is 19.5 Å². The van der Waals surface area contributed by atoms with E-state index in [0.717, 1.165) is 25.8 Å². The first-order chi connectivity index (χ1) is 6.06. The van der Waals surface area contributed by atoms with Crippen molar-refractivity contribution in [1.82, 2.24) is 0 Å². The van der Waals surface area contributed by atoms with Gasteiger partial charge in [-0.05, 0) is 0 Å². The Morgan fingerprint density at radius 2 is 1.62 bits per heavy atom. The van der Waals surface area contributed by atoms with E-state index >= 15 is 0 Å². The summed E-state index contributed by atoms with van der Waals surface area (Å²) in [5, 5.41) is 0. The first-order valence-electron chi connectivity index (χ1n) is 4.87. The topological polar surface area (TPSA) is 54.4 Å². The van der Waals surface area contributed by atoms with Crippen LogP contribution in [0.3, 0.4) is 0 Å². The molecule has 5 heteroatoms. The predicted molar refractivity (Wildman–Crippen MR) is 55.5 cm³/mol. The van der Waals surface area contributed by atoms with Crippen molar-refractivity contribution in [3.63, 3.8) is 0 Å². The van der Waals surface area contributed by atoms with Crippen LogP contribution in [0.25, 0.3) is 0 Å². The maximum Gasteiger partial charge on any atom is 0.317 e. The summed E-state index contributed by atoms with van der Waals surface area (Å²) >= 11 is 0. The van der Waals surface area contributed by atoms with Crippen molar-refractivity contribution < 1.29 is 13.0 Å². The predicted octanol–water partition coefficient (Wildman–Crippen LogP) is 2.27. The van der Waals surface area contributed by atoms with Crippen molar-refractivity contribution in [2.75, 3.05) is 0 Å². The molecule has 0 amide bonds. The molecule has 0 bridgehead atoms. The highest BCUT2D eigenvalue weighted by Crippen LogP contribution is 2.07. The first kappa shape index (κ1) is 13.0. The fourth-order valence-corrected chi connectivity index (χ4v) is 1.62. The van der Waals surface area contributed by atoms with Gasteiger partial charge in [-0.2, -0.15) is 0 Å². The largest absolute Gasteiger partial charge is 0.317 e. The lowest BCUT2D eigenvalue weighted by molar-refractivity contribution is 0.500. The molecule has 1 N–H and O–H groups in total. The molecule has 0 aliphatic carbocycles. The Kier molecular flexibility index (Phi) is 7.37. The molecular weight excluding hydrogens is 187 g/mol. The molecule has 0 atom stereocenters. The van der Waals surface area contributed by atoms with E-state index in [9.17, 15) is 8.42 Å². The van der Waals surface area contributed by atoms with Crippen LogP contribution in [0.2, 0.25) is 6.32 Å². The van der Waals surface area contributed by atoms with Crippen molar-refractivity contribution in [3.8, 4) is 0 Å². The van der Waals surface area contributed by atoms with E-state index in [1.54, 1.807) is 0 Å². The average molecular weight is 205 g/mol. The molecule has 0 aromatic rings. The zero-order valence-electron chi connectivity index (χ0n) is 8.20. The summed E-state index contributed by atoms with van der Waals surface area (Å²) in [6.45, 7) is 3.14. The van der Waals surface area contributed by atoms with Crippen LogP contribution in [0.4, 0.5) is 0 Å². The molecule has 0 aliphatic heterocycles. The van der Waals surface area contributed by atoms with E-state index in [-0.39, 0.29) is 0 Å².